The van der Waals surface area contributed by atoms with Crippen molar-refractivity contribution in [3.05, 3.63) is 39.9 Å². The molecule has 1 atom stereocenters. The van der Waals surface area contributed by atoms with Crippen LogP contribution in [0.2, 0.25) is 0 Å². The van der Waals surface area contributed by atoms with Crippen molar-refractivity contribution in [3.63, 3.8) is 0 Å². The fourth-order valence-electron chi connectivity index (χ4n) is 3.23. The van der Waals surface area contributed by atoms with Crippen LogP contribution < -0.4 is 5.73 Å². The molecule has 0 radical (unpaired) electrons. The normalized spacial score (nSPS) is 18.6. The number of carboxylic acids is 1. The van der Waals surface area contributed by atoms with E-state index in [1.54, 1.807) is 12.1 Å². The quantitative estimate of drug-likeness (QED) is 0.634. The minimum absolute atomic E-state index is 0.000295. The van der Waals surface area contributed by atoms with E-state index in [2.05, 4.69) is 0 Å². The molecule has 2 rings (SSSR count). The van der Waals surface area contributed by atoms with E-state index in [4.69, 9.17) is 5.73 Å². The Morgan fingerprint density at radius 1 is 1.35 bits per heavy atom. The largest absolute Gasteiger partial charge is 0.481 e. The van der Waals surface area contributed by atoms with Crippen LogP contribution in [0.3, 0.4) is 0 Å². The first kappa shape index (κ1) is 14.5. The molecule has 0 heterocycles. The van der Waals surface area contributed by atoms with Gasteiger partial charge in [-0.25, -0.2) is 0 Å². The van der Waals surface area contributed by atoms with E-state index in [1.807, 2.05) is 0 Å². The van der Waals surface area contributed by atoms with Gasteiger partial charge in [0.05, 0.1) is 10.3 Å². The predicted octanol–water partition coefficient (Wildman–Crippen LogP) is 2.28. The van der Waals surface area contributed by atoms with E-state index < -0.39 is 16.3 Å². The van der Waals surface area contributed by atoms with Crippen LogP contribution >= 0.6 is 0 Å². The molecule has 0 aliphatic heterocycles. The van der Waals surface area contributed by atoms with Gasteiger partial charge in [0, 0.05) is 24.6 Å². The molecule has 3 N–H and O–H groups in total. The molecule has 0 saturated heterocycles. The van der Waals surface area contributed by atoms with Crippen LogP contribution in [-0.2, 0) is 4.79 Å². The molecule has 1 aliphatic carbocycles. The highest BCUT2D eigenvalue weighted by Crippen LogP contribution is 2.48. The average molecular weight is 278 g/mol. The zero-order chi connectivity index (χ0) is 14.8. The molecule has 6 heteroatoms. The second-order valence-corrected chi connectivity index (χ2v) is 5.31. The number of hydrogen-bond donors (Lipinski definition) is 2. The van der Waals surface area contributed by atoms with Gasteiger partial charge >= 0.3 is 5.97 Å². The summed E-state index contributed by atoms with van der Waals surface area (Å²) in [6, 6.07) is 6.06. The summed E-state index contributed by atoms with van der Waals surface area (Å²) < 4.78 is 0. The van der Waals surface area contributed by atoms with E-state index in [-0.39, 0.29) is 18.2 Å². The van der Waals surface area contributed by atoms with Crippen molar-refractivity contribution in [1.82, 2.24) is 0 Å². The predicted molar refractivity (Wildman–Crippen MR) is 73.4 cm³/mol. The van der Waals surface area contributed by atoms with Crippen LogP contribution in [0.15, 0.2) is 24.3 Å². The number of nitrogens with zero attached hydrogens (tertiary/aromatic N) is 1. The average Bonchev–Trinajstić information content (AvgIpc) is 2.91. The summed E-state index contributed by atoms with van der Waals surface area (Å²) in [5.41, 5.74) is 5.75. The van der Waals surface area contributed by atoms with Crippen LogP contribution in [0, 0.1) is 15.5 Å². The molecular weight excluding hydrogens is 260 g/mol. The smallest absolute Gasteiger partial charge is 0.310 e. The van der Waals surface area contributed by atoms with Gasteiger partial charge in [0.2, 0.25) is 0 Å². The van der Waals surface area contributed by atoms with Gasteiger partial charge in [-0.2, -0.15) is 0 Å². The zero-order valence-corrected chi connectivity index (χ0v) is 11.1. The van der Waals surface area contributed by atoms with Gasteiger partial charge in [-0.05, 0) is 18.4 Å². The van der Waals surface area contributed by atoms with Crippen molar-refractivity contribution in [2.24, 2.45) is 11.1 Å². The molecule has 0 spiro atoms. The van der Waals surface area contributed by atoms with E-state index in [9.17, 15) is 20.0 Å². The van der Waals surface area contributed by atoms with Gasteiger partial charge in [0.25, 0.3) is 5.69 Å². The Bertz CT molecular complexity index is 506. The maximum atomic E-state index is 11.7. The Kier molecular flexibility index (Phi) is 4.04. The van der Waals surface area contributed by atoms with Crippen molar-refractivity contribution in [2.45, 2.75) is 31.6 Å². The highest BCUT2D eigenvalue weighted by molar-refractivity contribution is 5.76. The van der Waals surface area contributed by atoms with Gasteiger partial charge in [-0.3, -0.25) is 14.9 Å². The second kappa shape index (κ2) is 5.58. The highest BCUT2D eigenvalue weighted by atomic mass is 16.6. The molecule has 1 aromatic carbocycles. The first-order valence-electron chi connectivity index (χ1n) is 6.69. The number of nitro benzene ring substituents is 1. The summed E-state index contributed by atoms with van der Waals surface area (Å²) in [6.07, 6.45) is 2.99. The van der Waals surface area contributed by atoms with Crippen LogP contribution in [0.4, 0.5) is 5.69 Å². The minimum atomic E-state index is -0.828. The van der Waals surface area contributed by atoms with Crippen LogP contribution in [-0.4, -0.2) is 22.5 Å². The van der Waals surface area contributed by atoms with E-state index in [0.29, 0.717) is 12.8 Å². The SMILES string of the molecule is NC[C@H](c1ccc([N+](=O)[O-])cc1)C1(C(=O)O)CCCC1. The molecule has 1 aliphatic rings. The molecule has 1 aromatic rings. The highest BCUT2D eigenvalue weighted by Gasteiger charge is 2.47. The number of non-ortho nitro benzene ring substituents is 1. The van der Waals surface area contributed by atoms with Gasteiger partial charge in [-0.1, -0.05) is 25.0 Å². The summed E-state index contributed by atoms with van der Waals surface area (Å²) in [7, 11) is 0. The van der Waals surface area contributed by atoms with E-state index in [1.165, 1.54) is 12.1 Å². The lowest BCUT2D eigenvalue weighted by atomic mass is 9.70. The van der Waals surface area contributed by atoms with Gasteiger partial charge in [0.1, 0.15) is 0 Å². The summed E-state index contributed by atoms with van der Waals surface area (Å²) in [5, 5.41) is 20.3. The Morgan fingerprint density at radius 2 is 1.90 bits per heavy atom. The third kappa shape index (κ3) is 2.38. The topological polar surface area (TPSA) is 106 Å². The molecular formula is C14H18N2O4. The molecule has 108 valence electrons. The lowest BCUT2D eigenvalue weighted by Crippen LogP contribution is -2.38. The Balaban J connectivity index is 2.36. The Morgan fingerprint density at radius 3 is 2.30 bits per heavy atom. The molecule has 1 fully saturated rings. The molecule has 6 nitrogen and oxygen atoms in total. The Labute approximate surface area is 116 Å². The van der Waals surface area contributed by atoms with E-state index >= 15 is 0 Å². The van der Waals surface area contributed by atoms with E-state index in [0.717, 1.165) is 18.4 Å². The third-order valence-corrected chi connectivity index (χ3v) is 4.33. The lowest BCUT2D eigenvalue weighted by Gasteiger charge is -2.33. The molecule has 0 aromatic heterocycles. The number of hydrogen-bond acceptors (Lipinski definition) is 4. The number of aliphatic carboxylic acids is 1. The molecule has 0 bridgehead atoms. The van der Waals surface area contributed by atoms with Crippen LogP contribution in [0.1, 0.15) is 37.2 Å². The Hall–Kier alpha value is -1.95. The van der Waals surface area contributed by atoms with Crippen LogP contribution in [0.5, 0.6) is 0 Å². The van der Waals surface area contributed by atoms with Crippen LogP contribution in [0.25, 0.3) is 0 Å². The first-order valence-corrected chi connectivity index (χ1v) is 6.69. The zero-order valence-electron chi connectivity index (χ0n) is 11.1. The van der Waals surface area contributed by atoms with Crippen molar-refractivity contribution in [3.8, 4) is 0 Å². The summed E-state index contributed by atoms with van der Waals surface area (Å²) in [5.74, 6) is -1.12. The van der Waals surface area contributed by atoms with Gasteiger partial charge in [-0.15, -0.1) is 0 Å². The number of carboxylic acid groups (broad SMARTS) is 1. The minimum Gasteiger partial charge on any atom is -0.481 e. The van der Waals surface area contributed by atoms with Crippen molar-refractivity contribution >= 4 is 11.7 Å². The molecule has 1 saturated carbocycles. The number of carbonyl (C=O) groups is 1. The number of nitrogens with two attached hydrogens (primary N) is 1. The summed E-state index contributed by atoms with van der Waals surface area (Å²) >= 11 is 0. The van der Waals surface area contributed by atoms with Crippen molar-refractivity contribution in [1.29, 1.82) is 0 Å². The lowest BCUT2D eigenvalue weighted by molar-refractivity contribution is -0.384. The number of nitro groups is 1. The fraction of sp³-hybridized carbons (Fsp3) is 0.500. The molecule has 0 amide bonds. The maximum absolute atomic E-state index is 11.7. The van der Waals surface area contributed by atoms with Gasteiger partial charge < -0.3 is 10.8 Å². The third-order valence-electron chi connectivity index (χ3n) is 4.33. The molecule has 20 heavy (non-hydrogen) atoms. The monoisotopic (exact) mass is 278 g/mol. The van der Waals surface area contributed by atoms with Crippen molar-refractivity contribution in [2.75, 3.05) is 6.54 Å². The van der Waals surface area contributed by atoms with Gasteiger partial charge in [0.15, 0.2) is 0 Å². The van der Waals surface area contributed by atoms with Crippen molar-refractivity contribution < 1.29 is 14.8 Å². The second-order valence-electron chi connectivity index (χ2n) is 5.31. The molecule has 0 unspecified atom stereocenters. The maximum Gasteiger partial charge on any atom is 0.310 e. The summed E-state index contributed by atoms with van der Waals surface area (Å²) in [6.45, 7) is 0.226. The standard InChI is InChI=1S/C14H18N2O4/c15-9-12(14(13(17)18)7-1-2-8-14)10-3-5-11(6-4-10)16(19)20/h3-6,12H,1-2,7-9,15H2,(H,17,18)/t12-/m1/s1. The first-order chi connectivity index (χ1) is 9.51. The number of rotatable bonds is 5. The summed E-state index contributed by atoms with van der Waals surface area (Å²) in [4.78, 5) is 21.9. The number of benzene rings is 1. The fourth-order valence-corrected chi connectivity index (χ4v) is 3.23.